The fourth-order valence-electron chi connectivity index (χ4n) is 1.81. The highest BCUT2D eigenvalue weighted by Crippen LogP contribution is 2.33. The van der Waals surface area contributed by atoms with Crippen LogP contribution in [0.4, 0.5) is 13.2 Å². The highest BCUT2D eigenvalue weighted by molar-refractivity contribution is 9.09. The van der Waals surface area contributed by atoms with Gasteiger partial charge in [-0.3, -0.25) is 0 Å². The third kappa shape index (κ3) is 3.31. The van der Waals surface area contributed by atoms with Crippen LogP contribution in [0.2, 0.25) is 5.02 Å². The number of alkyl halides is 1. The van der Waals surface area contributed by atoms with Crippen molar-refractivity contribution in [2.24, 2.45) is 0 Å². The van der Waals surface area contributed by atoms with Crippen LogP contribution in [0, 0.1) is 17.5 Å². The molecule has 0 nitrogen and oxygen atoms in total. The van der Waals surface area contributed by atoms with Crippen LogP contribution in [0.25, 0.3) is 0 Å². The van der Waals surface area contributed by atoms with Gasteiger partial charge in [0.25, 0.3) is 0 Å². The summed E-state index contributed by atoms with van der Waals surface area (Å²) < 4.78 is 40.1. The van der Waals surface area contributed by atoms with E-state index in [9.17, 15) is 13.2 Å². The molecule has 0 aliphatic rings. The summed E-state index contributed by atoms with van der Waals surface area (Å²) in [7, 11) is 0. The van der Waals surface area contributed by atoms with E-state index in [0.717, 1.165) is 5.56 Å². The van der Waals surface area contributed by atoms with Crippen molar-refractivity contribution in [2.45, 2.75) is 11.2 Å². The van der Waals surface area contributed by atoms with E-state index < -0.39 is 22.3 Å². The molecule has 19 heavy (non-hydrogen) atoms. The first-order valence-electron chi connectivity index (χ1n) is 5.51. The Morgan fingerprint density at radius 2 is 1.63 bits per heavy atom. The zero-order valence-electron chi connectivity index (χ0n) is 9.64. The number of halogens is 5. The van der Waals surface area contributed by atoms with E-state index >= 15 is 0 Å². The average Bonchev–Trinajstić information content (AvgIpc) is 2.30. The Bertz CT molecular complexity index is 578. The van der Waals surface area contributed by atoms with Crippen molar-refractivity contribution in [2.75, 3.05) is 0 Å². The molecule has 100 valence electrons. The van der Waals surface area contributed by atoms with Crippen LogP contribution >= 0.6 is 27.5 Å². The maximum Gasteiger partial charge on any atom is 0.133 e. The highest BCUT2D eigenvalue weighted by atomic mass is 79.9. The van der Waals surface area contributed by atoms with Crippen molar-refractivity contribution in [1.82, 2.24) is 0 Å². The molecule has 0 radical (unpaired) electrons. The monoisotopic (exact) mass is 348 g/mol. The first kappa shape index (κ1) is 14.4. The van der Waals surface area contributed by atoms with Crippen LogP contribution in [0.1, 0.15) is 16.0 Å². The predicted octanol–water partition coefficient (Wildman–Crippen LogP) is 5.44. The highest BCUT2D eigenvalue weighted by Gasteiger charge is 2.20. The van der Waals surface area contributed by atoms with Crippen molar-refractivity contribution in [1.29, 1.82) is 0 Å². The molecule has 0 spiro atoms. The molecule has 0 aliphatic carbocycles. The summed E-state index contributed by atoms with van der Waals surface area (Å²) >= 11 is 9.21. The first-order valence-corrected chi connectivity index (χ1v) is 6.80. The summed E-state index contributed by atoms with van der Waals surface area (Å²) in [6, 6.07) is 8.37. The smallest absolute Gasteiger partial charge is 0.133 e. The Hall–Kier alpha value is -1.00. The van der Waals surface area contributed by atoms with Gasteiger partial charge in [0.2, 0.25) is 0 Å². The Balaban J connectivity index is 2.31. The second-order valence-electron chi connectivity index (χ2n) is 4.05. The van der Waals surface area contributed by atoms with Crippen LogP contribution in [0.3, 0.4) is 0 Å². The zero-order chi connectivity index (χ0) is 14.0. The Morgan fingerprint density at radius 3 is 2.21 bits per heavy atom. The average molecular weight is 350 g/mol. The SMILES string of the molecule is Fc1cc(F)c(C(Br)Cc2ccccc2Cl)c(F)c1. The summed E-state index contributed by atoms with van der Waals surface area (Å²) in [5, 5.41) is 0.523. The van der Waals surface area contributed by atoms with Gasteiger partial charge in [0.15, 0.2) is 0 Å². The summed E-state index contributed by atoms with van der Waals surface area (Å²) in [5.74, 6) is -2.76. The second kappa shape index (κ2) is 5.97. The lowest BCUT2D eigenvalue weighted by molar-refractivity contribution is 0.522. The van der Waals surface area contributed by atoms with Crippen LogP contribution in [0.15, 0.2) is 36.4 Å². The van der Waals surface area contributed by atoms with E-state index in [1.54, 1.807) is 24.3 Å². The topological polar surface area (TPSA) is 0 Å². The lowest BCUT2D eigenvalue weighted by atomic mass is 10.0. The van der Waals surface area contributed by atoms with Crippen LogP contribution in [0.5, 0.6) is 0 Å². The van der Waals surface area contributed by atoms with Gasteiger partial charge in [-0.05, 0) is 18.1 Å². The zero-order valence-corrected chi connectivity index (χ0v) is 12.0. The van der Waals surface area contributed by atoms with Crippen molar-refractivity contribution in [3.8, 4) is 0 Å². The molecule has 2 aromatic rings. The molecule has 0 N–H and O–H groups in total. The first-order chi connectivity index (χ1) is 8.99. The Morgan fingerprint density at radius 1 is 1.05 bits per heavy atom. The number of hydrogen-bond acceptors (Lipinski definition) is 0. The van der Waals surface area contributed by atoms with Crippen molar-refractivity contribution in [3.63, 3.8) is 0 Å². The van der Waals surface area contributed by atoms with E-state index in [-0.39, 0.29) is 5.56 Å². The van der Waals surface area contributed by atoms with E-state index in [1.807, 2.05) is 0 Å². The van der Waals surface area contributed by atoms with E-state index in [4.69, 9.17) is 11.6 Å². The Labute approximate surface area is 122 Å². The van der Waals surface area contributed by atoms with Crippen LogP contribution < -0.4 is 0 Å². The maximum absolute atomic E-state index is 13.6. The van der Waals surface area contributed by atoms with Gasteiger partial charge in [-0.2, -0.15) is 0 Å². The second-order valence-corrected chi connectivity index (χ2v) is 5.56. The molecule has 2 rings (SSSR count). The van der Waals surface area contributed by atoms with Gasteiger partial charge in [-0.15, -0.1) is 0 Å². The van der Waals surface area contributed by atoms with E-state index in [1.165, 1.54) is 0 Å². The molecule has 1 atom stereocenters. The van der Waals surface area contributed by atoms with Crippen LogP contribution in [-0.4, -0.2) is 0 Å². The number of benzene rings is 2. The minimum atomic E-state index is -0.934. The van der Waals surface area contributed by atoms with E-state index in [0.29, 0.717) is 23.6 Å². The summed E-state index contributed by atoms with van der Waals surface area (Å²) in [6.07, 6.45) is 0.305. The van der Waals surface area contributed by atoms with Gasteiger partial charge >= 0.3 is 0 Å². The summed E-state index contributed by atoms with van der Waals surface area (Å²) in [5.41, 5.74) is 0.565. The molecule has 0 aromatic heterocycles. The van der Waals surface area contributed by atoms with Gasteiger partial charge in [0, 0.05) is 27.5 Å². The molecule has 0 heterocycles. The molecule has 0 saturated heterocycles. The van der Waals surface area contributed by atoms with Crippen LogP contribution in [-0.2, 0) is 6.42 Å². The largest absolute Gasteiger partial charge is 0.207 e. The lowest BCUT2D eigenvalue weighted by Crippen LogP contribution is -2.03. The molecule has 0 bridgehead atoms. The van der Waals surface area contributed by atoms with Gasteiger partial charge in [-0.1, -0.05) is 45.7 Å². The number of hydrogen-bond donors (Lipinski definition) is 0. The fourth-order valence-corrected chi connectivity index (χ4v) is 2.81. The normalized spacial score (nSPS) is 12.5. The predicted molar refractivity (Wildman–Crippen MR) is 73.1 cm³/mol. The molecule has 0 aliphatic heterocycles. The van der Waals surface area contributed by atoms with Gasteiger partial charge in [0.05, 0.1) is 0 Å². The third-order valence-electron chi connectivity index (χ3n) is 2.71. The molecule has 0 amide bonds. The molecular formula is C14H9BrClF3. The standard InChI is InChI=1S/C14H9BrClF3/c15-10(5-8-3-1-2-4-11(8)16)14-12(18)6-9(17)7-13(14)19/h1-4,6-7,10H,5H2. The van der Waals surface area contributed by atoms with E-state index in [2.05, 4.69) is 15.9 Å². The quantitative estimate of drug-likeness (QED) is 0.648. The van der Waals surface area contributed by atoms with Gasteiger partial charge in [-0.25, -0.2) is 13.2 Å². The summed E-state index contributed by atoms with van der Waals surface area (Å²) in [6.45, 7) is 0. The molecule has 5 heteroatoms. The molecular weight excluding hydrogens is 341 g/mol. The molecule has 0 saturated carbocycles. The number of rotatable bonds is 3. The molecule has 1 unspecified atom stereocenters. The molecule has 2 aromatic carbocycles. The molecule has 0 fully saturated rings. The lowest BCUT2D eigenvalue weighted by Gasteiger charge is -2.13. The van der Waals surface area contributed by atoms with Gasteiger partial charge < -0.3 is 0 Å². The van der Waals surface area contributed by atoms with Crippen molar-refractivity contribution in [3.05, 3.63) is 70.0 Å². The maximum atomic E-state index is 13.6. The minimum Gasteiger partial charge on any atom is -0.207 e. The third-order valence-corrected chi connectivity index (χ3v) is 3.86. The fraction of sp³-hybridized carbons (Fsp3) is 0.143. The van der Waals surface area contributed by atoms with Crippen molar-refractivity contribution < 1.29 is 13.2 Å². The minimum absolute atomic E-state index is 0.193. The summed E-state index contributed by atoms with van der Waals surface area (Å²) in [4.78, 5) is -0.618. The van der Waals surface area contributed by atoms with Crippen molar-refractivity contribution >= 4 is 27.5 Å². The van der Waals surface area contributed by atoms with Gasteiger partial charge in [0.1, 0.15) is 17.5 Å². The Kier molecular flexibility index (Phi) is 4.53.